The van der Waals surface area contributed by atoms with Crippen LogP contribution in [0.1, 0.15) is 12.8 Å². The molecule has 0 aromatic carbocycles. The molecule has 104 valence electrons. The van der Waals surface area contributed by atoms with Crippen LogP contribution in [0.3, 0.4) is 0 Å². The number of halogens is 4. The van der Waals surface area contributed by atoms with Gasteiger partial charge in [0.05, 0.1) is 16.1 Å². The molecule has 0 aliphatic rings. The van der Waals surface area contributed by atoms with E-state index in [4.69, 9.17) is 0 Å². The standard InChI is InChI=1S/C11H24F2I2Si2/c1-16(2,3)9(14)7-11(12,13)8-10(15)17(4,5)6/h9-10H,7-8H2,1-6H3. The molecule has 2 atom stereocenters. The second-order valence-corrected chi connectivity index (χ2v) is 23.1. The fraction of sp³-hybridized carbons (Fsp3) is 1.00. The average Bonchev–Trinajstić information content (AvgIpc) is 1.97. The van der Waals surface area contributed by atoms with Gasteiger partial charge in [-0.2, -0.15) is 0 Å². The van der Waals surface area contributed by atoms with Crippen molar-refractivity contribution in [2.45, 2.75) is 65.1 Å². The first-order valence-electron chi connectivity index (χ1n) is 5.92. The SMILES string of the molecule is C[Si](C)(C)C(I)CC(F)(F)CC(I)[Si](C)(C)C. The summed E-state index contributed by atoms with van der Waals surface area (Å²) in [6.45, 7) is 13.0. The summed E-state index contributed by atoms with van der Waals surface area (Å²) in [6.07, 6.45) is 0.126. The Labute approximate surface area is 134 Å². The van der Waals surface area contributed by atoms with E-state index in [1.54, 1.807) is 0 Å². The van der Waals surface area contributed by atoms with Gasteiger partial charge in [0.25, 0.3) is 0 Å². The first-order chi connectivity index (χ1) is 7.26. The Bertz CT molecular complexity index is 223. The van der Waals surface area contributed by atoms with Gasteiger partial charge in [0.15, 0.2) is 0 Å². The van der Waals surface area contributed by atoms with Gasteiger partial charge in [-0.05, 0) is 0 Å². The average molecular weight is 504 g/mol. The molecule has 0 aliphatic heterocycles. The minimum Gasteiger partial charge on any atom is -0.207 e. The van der Waals surface area contributed by atoms with Crippen LogP contribution in [0, 0.1) is 0 Å². The molecule has 2 unspecified atom stereocenters. The molecule has 17 heavy (non-hydrogen) atoms. The van der Waals surface area contributed by atoms with Crippen molar-refractivity contribution in [2.75, 3.05) is 0 Å². The molecule has 0 spiro atoms. The maximum atomic E-state index is 14.0. The van der Waals surface area contributed by atoms with Crippen molar-refractivity contribution in [3.8, 4) is 0 Å². The molecule has 0 N–H and O–H groups in total. The van der Waals surface area contributed by atoms with Crippen LogP contribution in [0.25, 0.3) is 0 Å². The van der Waals surface area contributed by atoms with E-state index >= 15 is 0 Å². The molecule has 0 rings (SSSR count). The lowest BCUT2D eigenvalue weighted by molar-refractivity contribution is -0.00780. The zero-order valence-corrected chi connectivity index (χ0v) is 17.9. The molecule has 0 heterocycles. The van der Waals surface area contributed by atoms with Gasteiger partial charge in [-0.1, -0.05) is 84.5 Å². The number of hydrogen-bond donors (Lipinski definition) is 0. The van der Waals surface area contributed by atoms with Gasteiger partial charge in [0.2, 0.25) is 5.92 Å². The van der Waals surface area contributed by atoms with Crippen LogP contribution in [0.4, 0.5) is 8.78 Å². The quantitative estimate of drug-likeness (QED) is 0.245. The fourth-order valence-corrected chi connectivity index (χ4v) is 4.33. The summed E-state index contributed by atoms with van der Waals surface area (Å²) in [4.78, 5) is 0. The van der Waals surface area contributed by atoms with Crippen LogP contribution in [0.15, 0.2) is 0 Å². The van der Waals surface area contributed by atoms with Gasteiger partial charge in [0.1, 0.15) is 0 Å². The summed E-state index contributed by atoms with van der Waals surface area (Å²) in [5, 5.41) is 0. The molecule has 0 aromatic rings. The zero-order chi connectivity index (χ0) is 14.1. The topological polar surface area (TPSA) is 0 Å². The summed E-state index contributed by atoms with van der Waals surface area (Å²) in [7, 11) is -2.90. The van der Waals surface area contributed by atoms with Crippen LogP contribution < -0.4 is 0 Å². The first kappa shape index (κ1) is 18.8. The zero-order valence-electron chi connectivity index (χ0n) is 11.6. The molecule has 0 aromatic heterocycles. The highest BCUT2D eigenvalue weighted by molar-refractivity contribution is 14.1. The number of hydrogen-bond acceptors (Lipinski definition) is 0. The predicted molar refractivity (Wildman–Crippen MR) is 96.5 cm³/mol. The van der Waals surface area contributed by atoms with Gasteiger partial charge < -0.3 is 0 Å². The molecular weight excluding hydrogens is 480 g/mol. The van der Waals surface area contributed by atoms with Crippen LogP contribution >= 0.6 is 45.2 Å². The van der Waals surface area contributed by atoms with Crippen molar-refractivity contribution in [2.24, 2.45) is 0 Å². The Hall–Kier alpha value is 1.75. The van der Waals surface area contributed by atoms with Crippen LogP contribution in [0.2, 0.25) is 39.3 Å². The Morgan fingerprint density at radius 3 is 1.24 bits per heavy atom. The molecule has 0 radical (unpaired) electrons. The monoisotopic (exact) mass is 504 g/mol. The van der Waals surface area contributed by atoms with E-state index in [1.165, 1.54) is 0 Å². The molecule has 0 saturated carbocycles. The third-order valence-corrected chi connectivity index (χ3v) is 19.1. The molecular formula is C11H24F2I2Si2. The summed E-state index contributed by atoms with van der Waals surface area (Å²) >= 11 is 4.46. The Balaban J connectivity index is 4.50. The van der Waals surface area contributed by atoms with Gasteiger partial charge in [-0.3, -0.25) is 0 Å². The van der Waals surface area contributed by atoms with E-state index in [1.807, 2.05) is 0 Å². The fourth-order valence-electron chi connectivity index (χ4n) is 1.22. The maximum absolute atomic E-state index is 14.0. The van der Waals surface area contributed by atoms with Crippen molar-refractivity contribution in [3.05, 3.63) is 0 Å². The normalized spacial score (nSPS) is 18.0. The summed E-state index contributed by atoms with van der Waals surface area (Å²) in [5.41, 5.74) is 0. The van der Waals surface area contributed by atoms with Crippen molar-refractivity contribution < 1.29 is 8.78 Å². The van der Waals surface area contributed by atoms with Crippen LogP contribution in [-0.4, -0.2) is 29.2 Å². The van der Waals surface area contributed by atoms with Gasteiger partial charge >= 0.3 is 0 Å². The van der Waals surface area contributed by atoms with Crippen molar-refractivity contribution in [3.63, 3.8) is 0 Å². The summed E-state index contributed by atoms with van der Waals surface area (Å²) in [5.74, 6) is -2.49. The number of alkyl halides is 4. The second-order valence-electron chi connectivity index (χ2n) is 6.93. The summed E-state index contributed by atoms with van der Waals surface area (Å²) in [6, 6.07) is 0. The number of rotatable bonds is 6. The van der Waals surface area contributed by atoms with Crippen molar-refractivity contribution >= 4 is 61.3 Å². The molecule has 0 aliphatic carbocycles. The molecule has 0 saturated heterocycles. The highest BCUT2D eigenvalue weighted by atomic mass is 127. The van der Waals surface area contributed by atoms with E-state index in [0.29, 0.717) is 0 Å². The van der Waals surface area contributed by atoms with E-state index in [-0.39, 0.29) is 19.9 Å². The lowest BCUT2D eigenvalue weighted by atomic mass is 10.2. The smallest absolute Gasteiger partial charge is 0.207 e. The van der Waals surface area contributed by atoms with Crippen molar-refractivity contribution in [1.29, 1.82) is 0 Å². The predicted octanol–water partition coefficient (Wildman–Crippen LogP) is 5.76. The lowest BCUT2D eigenvalue weighted by Gasteiger charge is -2.31. The molecule has 0 fully saturated rings. The van der Waals surface area contributed by atoms with E-state index < -0.39 is 22.1 Å². The molecule has 0 bridgehead atoms. The van der Waals surface area contributed by atoms with Crippen LogP contribution in [-0.2, 0) is 0 Å². The maximum Gasteiger partial charge on any atom is 0.249 e. The third kappa shape index (κ3) is 7.81. The second kappa shape index (κ2) is 6.47. The summed E-state index contributed by atoms with van der Waals surface area (Å²) < 4.78 is 28.3. The van der Waals surface area contributed by atoms with Gasteiger partial charge in [-0.25, -0.2) is 8.78 Å². The van der Waals surface area contributed by atoms with Crippen molar-refractivity contribution in [1.82, 2.24) is 0 Å². The molecule has 0 amide bonds. The van der Waals surface area contributed by atoms with Gasteiger partial charge in [0, 0.05) is 19.9 Å². The van der Waals surface area contributed by atoms with E-state index in [9.17, 15) is 8.78 Å². The molecule has 0 nitrogen and oxygen atoms in total. The first-order valence-corrected chi connectivity index (χ1v) is 15.6. The Morgan fingerprint density at radius 1 is 0.824 bits per heavy atom. The minimum atomic E-state index is -2.49. The minimum absolute atomic E-state index is 0.0628. The third-order valence-electron chi connectivity index (χ3n) is 2.84. The highest BCUT2D eigenvalue weighted by Crippen LogP contribution is 2.36. The largest absolute Gasteiger partial charge is 0.249 e. The Morgan fingerprint density at radius 2 is 1.06 bits per heavy atom. The Kier molecular flexibility index (Phi) is 7.14. The highest BCUT2D eigenvalue weighted by Gasteiger charge is 2.40. The molecule has 6 heteroatoms. The van der Waals surface area contributed by atoms with E-state index in [2.05, 4.69) is 84.5 Å². The van der Waals surface area contributed by atoms with Crippen LogP contribution in [0.5, 0.6) is 0 Å². The van der Waals surface area contributed by atoms with E-state index in [0.717, 1.165) is 0 Å². The van der Waals surface area contributed by atoms with Gasteiger partial charge in [-0.15, -0.1) is 0 Å². The lowest BCUT2D eigenvalue weighted by Crippen LogP contribution is -2.42.